The molecule has 104 valence electrons. The van der Waals surface area contributed by atoms with Gasteiger partial charge in [0.05, 0.1) is 27.5 Å². The molecule has 3 nitrogen and oxygen atoms in total. The number of rotatable bonds is 5. The molecule has 0 saturated heterocycles. The molecule has 0 amide bonds. The van der Waals surface area contributed by atoms with Gasteiger partial charge in [-0.25, -0.2) is 0 Å². The number of hydrogen-bond donors (Lipinski definition) is 1. The van der Waals surface area contributed by atoms with Crippen molar-refractivity contribution in [1.82, 2.24) is 8.75 Å². The van der Waals surface area contributed by atoms with Gasteiger partial charge in [0.25, 0.3) is 0 Å². The number of fused-ring (bicyclic) bond motifs is 1. The molecular weight excluding hydrogens is 301 g/mol. The van der Waals surface area contributed by atoms with Crippen LogP contribution in [0.25, 0.3) is 11.0 Å². The number of nitrogens with zero attached hydrogens (tertiary/aromatic N) is 2. The van der Waals surface area contributed by atoms with Gasteiger partial charge in [-0.3, -0.25) is 0 Å². The molecular formula is C13H17Cl2N3S. The van der Waals surface area contributed by atoms with Crippen LogP contribution < -0.4 is 5.32 Å². The monoisotopic (exact) mass is 317 g/mol. The van der Waals surface area contributed by atoms with E-state index in [0.717, 1.165) is 34.9 Å². The zero-order valence-electron chi connectivity index (χ0n) is 11.2. The number of nitrogens with one attached hydrogen (secondary N) is 1. The van der Waals surface area contributed by atoms with Crippen LogP contribution >= 0.6 is 34.9 Å². The predicted octanol–water partition coefficient (Wildman–Crippen LogP) is 5.23. The molecule has 2 aromatic rings. The molecule has 19 heavy (non-hydrogen) atoms. The molecule has 2 rings (SSSR count). The normalized spacial score (nSPS) is 13.2. The van der Waals surface area contributed by atoms with Gasteiger partial charge in [-0.15, -0.1) is 0 Å². The summed E-state index contributed by atoms with van der Waals surface area (Å²) in [6, 6.07) is 2.07. The maximum Gasteiger partial charge on any atom is 0.130 e. The van der Waals surface area contributed by atoms with Crippen molar-refractivity contribution in [3.63, 3.8) is 0 Å². The number of halogens is 2. The van der Waals surface area contributed by atoms with Crippen molar-refractivity contribution in [2.45, 2.75) is 39.7 Å². The molecule has 1 N–H and O–H groups in total. The lowest BCUT2D eigenvalue weighted by Gasteiger charge is -2.17. The first kappa shape index (κ1) is 14.8. The van der Waals surface area contributed by atoms with Gasteiger partial charge in [0.15, 0.2) is 0 Å². The van der Waals surface area contributed by atoms with E-state index in [1.165, 1.54) is 6.42 Å². The van der Waals surface area contributed by atoms with Crippen LogP contribution in [0.4, 0.5) is 5.69 Å². The van der Waals surface area contributed by atoms with Crippen LogP contribution in [0, 0.1) is 5.92 Å². The minimum absolute atomic E-state index is 0.339. The first-order chi connectivity index (χ1) is 8.99. The fraction of sp³-hybridized carbons (Fsp3) is 0.538. The third kappa shape index (κ3) is 3.50. The third-order valence-corrected chi connectivity index (χ3v) is 4.13. The van der Waals surface area contributed by atoms with Gasteiger partial charge in [-0.2, -0.15) is 8.75 Å². The van der Waals surface area contributed by atoms with E-state index in [1.54, 1.807) is 6.07 Å². The van der Waals surface area contributed by atoms with Gasteiger partial charge in [0.2, 0.25) is 0 Å². The first-order valence-electron chi connectivity index (χ1n) is 6.35. The Hall–Kier alpha value is -0.580. The van der Waals surface area contributed by atoms with Crippen LogP contribution in [0.2, 0.25) is 10.0 Å². The molecule has 0 aliphatic carbocycles. The molecule has 1 unspecified atom stereocenters. The van der Waals surface area contributed by atoms with Crippen molar-refractivity contribution in [2.75, 3.05) is 5.32 Å². The van der Waals surface area contributed by atoms with Gasteiger partial charge in [-0.1, -0.05) is 37.0 Å². The molecule has 1 aromatic heterocycles. The van der Waals surface area contributed by atoms with E-state index in [0.29, 0.717) is 22.0 Å². The molecule has 0 aliphatic heterocycles. The van der Waals surface area contributed by atoms with Gasteiger partial charge >= 0.3 is 0 Å². The van der Waals surface area contributed by atoms with Gasteiger partial charge in [0.1, 0.15) is 11.0 Å². The Morgan fingerprint density at radius 1 is 1.11 bits per heavy atom. The summed E-state index contributed by atoms with van der Waals surface area (Å²) in [5.74, 6) is 0.700. The molecule has 1 aromatic carbocycles. The topological polar surface area (TPSA) is 37.8 Å². The standard InChI is InChI=1S/C13H17Cl2N3S/c1-7(2)4-5-8(3)16-11-9(14)6-10(15)12-13(11)18-19-17-12/h6-8,16H,4-5H2,1-3H3. The lowest BCUT2D eigenvalue weighted by molar-refractivity contribution is 0.528. The summed E-state index contributed by atoms with van der Waals surface area (Å²) in [5, 5.41) is 4.58. The Morgan fingerprint density at radius 3 is 2.47 bits per heavy atom. The Balaban J connectivity index is 2.22. The number of aromatic nitrogens is 2. The van der Waals surface area contributed by atoms with Crippen molar-refractivity contribution >= 4 is 51.7 Å². The summed E-state index contributed by atoms with van der Waals surface area (Å²) in [4.78, 5) is 0. The summed E-state index contributed by atoms with van der Waals surface area (Å²) >= 11 is 13.5. The minimum atomic E-state index is 0.339. The van der Waals surface area contributed by atoms with E-state index in [1.807, 2.05) is 0 Å². The lowest BCUT2D eigenvalue weighted by atomic mass is 10.0. The zero-order chi connectivity index (χ0) is 14.0. The highest BCUT2D eigenvalue weighted by molar-refractivity contribution is 7.00. The quantitative estimate of drug-likeness (QED) is 0.820. The maximum atomic E-state index is 6.26. The minimum Gasteiger partial charge on any atom is -0.380 e. The average molecular weight is 318 g/mol. The second-order valence-corrected chi connectivity index (χ2v) is 6.54. The molecule has 1 heterocycles. The van der Waals surface area contributed by atoms with Crippen molar-refractivity contribution in [3.05, 3.63) is 16.1 Å². The SMILES string of the molecule is CC(C)CCC(C)Nc1c(Cl)cc(Cl)c2nsnc12. The largest absolute Gasteiger partial charge is 0.380 e. The van der Waals surface area contributed by atoms with Gasteiger partial charge in [-0.05, 0) is 31.7 Å². The molecule has 0 spiro atoms. The van der Waals surface area contributed by atoms with Gasteiger partial charge in [0, 0.05) is 6.04 Å². The van der Waals surface area contributed by atoms with E-state index < -0.39 is 0 Å². The van der Waals surface area contributed by atoms with Crippen LogP contribution in [0.1, 0.15) is 33.6 Å². The van der Waals surface area contributed by atoms with Crippen LogP contribution in [0.15, 0.2) is 6.07 Å². The zero-order valence-corrected chi connectivity index (χ0v) is 13.5. The Kier molecular flexibility index (Phi) is 4.87. The Morgan fingerprint density at radius 2 is 1.79 bits per heavy atom. The van der Waals surface area contributed by atoms with E-state index in [9.17, 15) is 0 Å². The number of anilines is 1. The summed E-state index contributed by atoms with van der Waals surface area (Å²) in [6.45, 7) is 6.61. The van der Waals surface area contributed by atoms with Crippen LogP contribution in [0.5, 0.6) is 0 Å². The van der Waals surface area contributed by atoms with Crippen molar-refractivity contribution in [3.8, 4) is 0 Å². The van der Waals surface area contributed by atoms with Crippen molar-refractivity contribution < 1.29 is 0 Å². The third-order valence-electron chi connectivity index (χ3n) is 3.01. The van der Waals surface area contributed by atoms with E-state index >= 15 is 0 Å². The summed E-state index contributed by atoms with van der Waals surface area (Å²) in [7, 11) is 0. The Labute approximate surface area is 127 Å². The smallest absolute Gasteiger partial charge is 0.130 e. The highest BCUT2D eigenvalue weighted by Gasteiger charge is 2.15. The van der Waals surface area contributed by atoms with Crippen LogP contribution in [-0.4, -0.2) is 14.8 Å². The Bertz CT molecular complexity index is 568. The highest BCUT2D eigenvalue weighted by Crippen LogP contribution is 2.35. The summed E-state index contributed by atoms with van der Waals surface area (Å²) in [5.41, 5.74) is 2.32. The first-order valence-corrected chi connectivity index (χ1v) is 7.84. The highest BCUT2D eigenvalue weighted by atomic mass is 35.5. The van der Waals surface area contributed by atoms with Gasteiger partial charge < -0.3 is 5.32 Å². The molecule has 0 saturated carbocycles. The van der Waals surface area contributed by atoms with E-state index in [-0.39, 0.29) is 0 Å². The summed E-state index contributed by atoms with van der Waals surface area (Å²) < 4.78 is 8.49. The second kappa shape index (κ2) is 6.25. The number of hydrogen-bond acceptors (Lipinski definition) is 4. The summed E-state index contributed by atoms with van der Waals surface area (Å²) in [6.07, 6.45) is 2.27. The maximum absolute atomic E-state index is 6.26. The molecule has 0 radical (unpaired) electrons. The van der Waals surface area contributed by atoms with E-state index in [4.69, 9.17) is 23.2 Å². The molecule has 0 fully saturated rings. The van der Waals surface area contributed by atoms with Crippen LogP contribution in [0.3, 0.4) is 0 Å². The molecule has 0 bridgehead atoms. The van der Waals surface area contributed by atoms with Crippen LogP contribution in [-0.2, 0) is 0 Å². The molecule has 6 heteroatoms. The fourth-order valence-corrected chi connectivity index (χ4v) is 3.08. The molecule has 0 aliphatic rings. The predicted molar refractivity (Wildman–Crippen MR) is 84.6 cm³/mol. The second-order valence-electron chi connectivity index (χ2n) is 5.19. The fourth-order valence-electron chi connectivity index (χ4n) is 1.91. The van der Waals surface area contributed by atoms with Crippen molar-refractivity contribution in [1.29, 1.82) is 0 Å². The number of benzene rings is 1. The van der Waals surface area contributed by atoms with Crippen molar-refractivity contribution in [2.24, 2.45) is 5.92 Å². The lowest BCUT2D eigenvalue weighted by Crippen LogP contribution is -2.16. The molecule has 1 atom stereocenters. The van der Waals surface area contributed by atoms with E-state index in [2.05, 4.69) is 34.8 Å². The average Bonchev–Trinajstić information content (AvgIpc) is 2.81.